The van der Waals surface area contributed by atoms with E-state index in [0.717, 1.165) is 30.3 Å². The molecule has 7 heteroatoms. The van der Waals surface area contributed by atoms with Crippen LogP contribution in [0.2, 0.25) is 0 Å². The first-order chi connectivity index (χ1) is 11.6. The summed E-state index contributed by atoms with van der Waals surface area (Å²) >= 11 is 0. The van der Waals surface area contributed by atoms with Crippen LogP contribution >= 0.6 is 0 Å². The number of hydrogen-bond acceptors (Lipinski definition) is 6. The Bertz CT molecular complexity index is 776. The van der Waals surface area contributed by atoms with Gasteiger partial charge in [-0.15, -0.1) is 5.10 Å². The van der Waals surface area contributed by atoms with E-state index >= 15 is 0 Å². The molecule has 0 N–H and O–H groups in total. The zero-order valence-corrected chi connectivity index (χ0v) is 14.1. The highest BCUT2D eigenvalue weighted by Gasteiger charge is 2.32. The molecule has 2 aliphatic rings. The van der Waals surface area contributed by atoms with Gasteiger partial charge in [0.15, 0.2) is 5.82 Å². The van der Waals surface area contributed by atoms with E-state index in [1.54, 1.807) is 13.2 Å². The molecule has 24 heavy (non-hydrogen) atoms. The molecule has 2 aromatic rings. The summed E-state index contributed by atoms with van der Waals surface area (Å²) in [5.74, 6) is 1.60. The Morgan fingerprint density at radius 3 is 2.62 bits per heavy atom. The first kappa shape index (κ1) is 15.3. The highest BCUT2D eigenvalue weighted by Crippen LogP contribution is 2.38. The second kappa shape index (κ2) is 5.98. The van der Waals surface area contributed by atoms with Gasteiger partial charge in [-0.05, 0) is 38.1 Å². The monoisotopic (exact) mass is 326 g/mol. The lowest BCUT2D eigenvalue weighted by atomic mass is 10.1. The normalized spacial score (nSPS) is 18.0. The second-order valence-corrected chi connectivity index (χ2v) is 6.88. The summed E-state index contributed by atoms with van der Waals surface area (Å²) in [5.41, 5.74) is 1.74. The number of aryl methyl sites for hydroxylation is 1. The summed E-state index contributed by atoms with van der Waals surface area (Å²) in [6.07, 6.45) is 4.27. The zero-order valence-electron chi connectivity index (χ0n) is 14.1. The number of rotatable bonds is 5. The van der Waals surface area contributed by atoms with E-state index in [0.29, 0.717) is 18.5 Å². The maximum absolute atomic E-state index is 11.6. The van der Waals surface area contributed by atoms with E-state index in [1.807, 2.05) is 6.07 Å². The molecule has 4 rings (SSSR count). The largest absolute Gasteiger partial charge is 0.352 e. The SMILES string of the molecule is CN(Cc1ccn(C)c(=O)n1)C1CN(c2ccc(C3CC3)nn2)C1. The van der Waals surface area contributed by atoms with Crippen molar-refractivity contribution >= 4 is 5.82 Å². The molecule has 1 saturated heterocycles. The molecule has 7 nitrogen and oxygen atoms in total. The lowest BCUT2D eigenvalue weighted by Gasteiger charge is -2.44. The number of likely N-dealkylation sites (N-methyl/N-ethyl adjacent to an activating group) is 1. The number of nitrogens with zero attached hydrogens (tertiary/aromatic N) is 6. The highest BCUT2D eigenvalue weighted by atomic mass is 16.1. The molecule has 126 valence electrons. The average Bonchev–Trinajstić information content (AvgIpc) is 3.35. The van der Waals surface area contributed by atoms with E-state index in [-0.39, 0.29) is 5.69 Å². The minimum absolute atomic E-state index is 0.206. The predicted molar refractivity (Wildman–Crippen MR) is 91.0 cm³/mol. The van der Waals surface area contributed by atoms with Gasteiger partial charge in [-0.3, -0.25) is 4.90 Å². The molecule has 0 radical (unpaired) electrons. The van der Waals surface area contributed by atoms with Crippen molar-refractivity contribution in [1.82, 2.24) is 24.6 Å². The molecule has 3 heterocycles. The Kier molecular flexibility index (Phi) is 3.80. The van der Waals surface area contributed by atoms with Crippen LogP contribution in [0.5, 0.6) is 0 Å². The molecule has 0 atom stereocenters. The minimum atomic E-state index is -0.206. The number of aromatic nitrogens is 4. The predicted octanol–water partition coefficient (Wildman–Crippen LogP) is 0.768. The Morgan fingerprint density at radius 2 is 2.00 bits per heavy atom. The topological polar surface area (TPSA) is 67.2 Å². The van der Waals surface area contributed by atoms with Crippen LogP contribution in [0.15, 0.2) is 29.2 Å². The van der Waals surface area contributed by atoms with Gasteiger partial charge in [-0.1, -0.05) is 0 Å². The molecular weight excluding hydrogens is 304 g/mol. The van der Waals surface area contributed by atoms with Gasteiger partial charge in [0.25, 0.3) is 0 Å². The molecule has 1 aliphatic carbocycles. The van der Waals surface area contributed by atoms with Gasteiger partial charge in [-0.25, -0.2) is 4.79 Å². The fourth-order valence-corrected chi connectivity index (χ4v) is 3.00. The van der Waals surface area contributed by atoms with Crippen LogP contribution in [0.1, 0.15) is 30.1 Å². The summed E-state index contributed by atoms with van der Waals surface area (Å²) in [5, 5.41) is 8.71. The summed E-state index contributed by atoms with van der Waals surface area (Å²) < 4.78 is 1.48. The number of anilines is 1. The third-order valence-electron chi connectivity index (χ3n) is 4.92. The molecule has 0 aromatic carbocycles. The maximum Gasteiger partial charge on any atom is 0.347 e. The lowest BCUT2D eigenvalue weighted by molar-refractivity contribution is 0.194. The van der Waals surface area contributed by atoms with Gasteiger partial charge in [0, 0.05) is 44.8 Å². The molecule has 0 spiro atoms. The summed E-state index contributed by atoms with van der Waals surface area (Å²) in [7, 11) is 3.78. The Balaban J connectivity index is 1.32. The van der Waals surface area contributed by atoms with Crippen LogP contribution in [0.4, 0.5) is 5.82 Å². The van der Waals surface area contributed by atoms with Crippen molar-refractivity contribution < 1.29 is 0 Å². The van der Waals surface area contributed by atoms with Crippen LogP contribution in [-0.2, 0) is 13.6 Å². The fraction of sp³-hybridized carbons (Fsp3) is 0.529. The van der Waals surface area contributed by atoms with Gasteiger partial charge in [0.2, 0.25) is 0 Å². The van der Waals surface area contributed by atoms with Gasteiger partial charge in [0.05, 0.1) is 11.4 Å². The Morgan fingerprint density at radius 1 is 1.21 bits per heavy atom. The summed E-state index contributed by atoms with van der Waals surface area (Å²) in [6.45, 7) is 2.54. The minimum Gasteiger partial charge on any atom is -0.352 e. The molecule has 0 unspecified atom stereocenters. The standard InChI is InChI=1S/C17H22N6O/c1-21-8-7-13(18-17(21)24)9-22(2)14-10-23(11-14)16-6-5-15(19-20-16)12-3-4-12/h5-8,12,14H,3-4,9-11H2,1-2H3. The number of hydrogen-bond donors (Lipinski definition) is 0. The molecule has 1 saturated carbocycles. The van der Waals surface area contributed by atoms with Gasteiger partial charge in [-0.2, -0.15) is 10.1 Å². The van der Waals surface area contributed by atoms with E-state index < -0.39 is 0 Å². The molecule has 0 amide bonds. The van der Waals surface area contributed by atoms with Crippen LogP contribution in [-0.4, -0.2) is 50.8 Å². The summed E-state index contributed by atoms with van der Waals surface area (Å²) in [6, 6.07) is 6.54. The van der Waals surface area contributed by atoms with Crippen LogP contribution < -0.4 is 10.6 Å². The molecule has 2 fully saturated rings. The van der Waals surface area contributed by atoms with Gasteiger partial charge in [0.1, 0.15) is 0 Å². The van der Waals surface area contributed by atoms with Crippen LogP contribution in [0.3, 0.4) is 0 Å². The second-order valence-electron chi connectivity index (χ2n) is 6.88. The zero-order chi connectivity index (χ0) is 16.7. The first-order valence-electron chi connectivity index (χ1n) is 8.41. The average molecular weight is 326 g/mol. The summed E-state index contributed by atoms with van der Waals surface area (Å²) in [4.78, 5) is 20.2. The van der Waals surface area contributed by atoms with Crippen molar-refractivity contribution in [2.75, 3.05) is 25.0 Å². The van der Waals surface area contributed by atoms with Crippen molar-refractivity contribution in [3.8, 4) is 0 Å². The van der Waals surface area contributed by atoms with E-state index in [1.165, 1.54) is 17.4 Å². The van der Waals surface area contributed by atoms with Crippen molar-refractivity contribution in [3.63, 3.8) is 0 Å². The van der Waals surface area contributed by atoms with Crippen molar-refractivity contribution in [2.24, 2.45) is 7.05 Å². The van der Waals surface area contributed by atoms with Gasteiger partial charge < -0.3 is 9.47 Å². The van der Waals surface area contributed by atoms with E-state index in [9.17, 15) is 4.79 Å². The van der Waals surface area contributed by atoms with Crippen molar-refractivity contribution in [2.45, 2.75) is 31.3 Å². The first-order valence-corrected chi connectivity index (χ1v) is 8.41. The van der Waals surface area contributed by atoms with Gasteiger partial charge >= 0.3 is 5.69 Å². The molecule has 2 aromatic heterocycles. The highest BCUT2D eigenvalue weighted by molar-refractivity contribution is 5.42. The maximum atomic E-state index is 11.6. The Hall–Kier alpha value is -2.28. The van der Waals surface area contributed by atoms with E-state index in [4.69, 9.17) is 0 Å². The smallest absolute Gasteiger partial charge is 0.347 e. The van der Waals surface area contributed by atoms with Crippen molar-refractivity contribution in [1.29, 1.82) is 0 Å². The van der Waals surface area contributed by atoms with Crippen LogP contribution in [0, 0.1) is 0 Å². The quantitative estimate of drug-likeness (QED) is 0.808. The van der Waals surface area contributed by atoms with Crippen LogP contribution in [0.25, 0.3) is 0 Å². The molecule has 0 bridgehead atoms. The third-order valence-corrected chi connectivity index (χ3v) is 4.92. The van der Waals surface area contributed by atoms with Crippen molar-refractivity contribution in [3.05, 3.63) is 46.3 Å². The van der Waals surface area contributed by atoms with E-state index in [2.05, 4.69) is 44.2 Å². The third kappa shape index (κ3) is 3.03. The fourth-order valence-electron chi connectivity index (χ4n) is 3.00. The Labute approximate surface area is 140 Å². The lowest BCUT2D eigenvalue weighted by Crippen LogP contribution is -2.58. The molecule has 1 aliphatic heterocycles. The molecular formula is C17H22N6O.